The molecule has 1 N–H and O–H groups in total. The zero-order valence-electron chi connectivity index (χ0n) is 10.1. The summed E-state index contributed by atoms with van der Waals surface area (Å²) in [5, 5.41) is 10.9. The minimum atomic E-state index is -0.532. The summed E-state index contributed by atoms with van der Waals surface area (Å²) in [4.78, 5) is 0. The molecule has 0 atom stereocenters. The molecule has 0 saturated carbocycles. The fraction of sp³-hybridized carbons (Fsp3) is 0.0667. The lowest BCUT2D eigenvalue weighted by Gasteiger charge is -2.11. The average Bonchev–Trinajstić information content (AvgIpc) is 2.35. The maximum atomic E-state index is 14.0. The normalized spacial score (nSPS) is 11.2. The van der Waals surface area contributed by atoms with Crippen LogP contribution in [0.5, 0.6) is 5.75 Å². The number of aromatic hydroxyl groups is 1. The first-order valence-electron chi connectivity index (χ1n) is 5.64. The molecule has 0 bridgehead atoms. The summed E-state index contributed by atoms with van der Waals surface area (Å²) in [5.74, 6) is -0.669. The van der Waals surface area contributed by atoms with Crippen molar-refractivity contribution in [3.63, 3.8) is 0 Å². The minimum absolute atomic E-state index is 0.0808. The van der Waals surface area contributed by atoms with Crippen molar-refractivity contribution in [2.45, 2.75) is 6.92 Å². The van der Waals surface area contributed by atoms with Gasteiger partial charge in [0.15, 0.2) is 0 Å². The van der Waals surface area contributed by atoms with E-state index in [1.807, 2.05) is 6.92 Å². The van der Waals surface area contributed by atoms with Crippen molar-refractivity contribution >= 4 is 29.3 Å². The maximum Gasteiger partial charge on any atom is 0.134 e. The molecule has 1 nitrogen and oxygen atoms in total. The highest BCUT2D eigenvalue weighted by Gasteiger charge is 2.16. The summed E-state index contributed by atoms with van der Waals surface area (Å²) in [6, 6.07) is 7.51. The summed E-state index contributed by atoms with van der Waals surface area (Å²) in [6.45, 7) is 1.82. The molecule has 2 aromatic rings. The van der Waals surface area contributed by atoms with Gasteiger partial charge in [0.25, 0.3) is 0 Å². The zero-order valence-corrected chi connectivity index (χ0v) is 11.6. The lowest BCUT2D eigenvalue weighted by Crippen LogP contribution is -1.89. The Morgan fingerprint density at radius 1 is 1.16 bits per heavy atom. The van der Waals surface area contributed by atoms with Crippen molar-refractivity contribution in [3.8, 4) is 16.9 Å². The first kappa shape index (κ1) is 13.9. The van der Waals surface area contributed by atoms with E-state index in [1.54, 1.807) is 24.3 Å². The lowest BCUT2D eigenvalue weighted by molar-refractivity contribution is 0.470. The Morgan fingerprint density at radius 3 is 2.53 bits per heavy atom. The smallest absolute Gasteiger partial charge is 0.134 e. The van der Waals surface area contributed by atoms with Crippen LogP contribution in [0, 0.1) is 5.82 Å². The third kappa shape index (κ3) is 2.75. The van der Waals surface area contributed by atoms with E-state index in [0.29, 0.717) is 21.2 Å². The molecule has 4 heteroatoms. The number of phenols is 1. The van der Waals surface area contributed by atoms with E-state index in [4.69, 9.17) is 23.2 Å². The second kappa shape index (κ2) is 5.64. The van der Waals surface area contributed by atoms with Crippen LogP contribution >= 0.6 is 23.2 Å². The van der Waals surface area contributed by atoms with Gasteiger partial charge in [-0.25, -0.2) is 4.39 Å². The van der Waals surface area contributed by atoms with E-state index in [1.165, 1.54) is 18.2 Å². The fourth-order valence-electron chi connectivity index (χ4n) is 1.85. The molecule has 0 amide bonds. The molecule has 0 aliphatic rings. The van der Waals surface area contributed by atoms with Gasteiger partial charge < -0.3 is 5.11 Å². The highest BCUT2D eigenvalue weighted by atomic mass is 35.5. The van der Waals surface area contributed by atoms with Gasteiger partial charge in [0, 0.05) is 16.1 Å². The van der Waals surface area contributed by atoms with E-state index < -0.39 is 5.82 Å². The summed E-state index contributed by atoms with van der Waals surface area (Å²) in [7, 11) is 0. The van der Waals surface area contributed by atoms with E-state index >= 15 is 0 Å². The van der Waals surface area contributed by atoms with Gasteiger partial charge >= 0.3 is 0 Å². The van der Waals surface area contributed by atoms with Crippen molar-refractivity contribution in [2.75, 3.05) is 0 Å². The number of hydrogen-bond donors (Lipinski definition) is 1. The number of rotatable bonds is 2. The molecule has 0 radical (unpaired) electrons. The van der Waals surface area contributed by atoms with Gasteiger partial charge in [0.1, 0.15) is 11.6 Å². The first-order valence-corrected chi connectivity index (χ1v) is 6.39. The molecule has 0 aromatic heterocycles. The molecule has 0 unspecified atom stereocenters. The van der Waals surface area contributed by atoms with E-state index in [0.717, 1.165) is 0 Å². The Morgan fingerprint density at radius 2 is 1.89 bits per heavy atom. The number of hydrogen-bond acceptors (Lipinski definition) is 1. The van der Waals surface area contributed by atoms with Gasteiger partial charge in [-0.05, 0) is 31.2 Å². The van der Waals surface area contributed by atoms with Crippen LogP contribution in [0.2, 0.25) is 10.0 Å². The topological polar surface area (TPSA) is 20.2 Å². The van der Waals surface area contributed by atoms with Gasteiger partial charge in [0.05, 0.1) is 10.6 Å². The molecular formula is C15H11Cl2FO. The summed E-state index contributed by atoms with van der Waals surface area (Å²) in [6.07, 6.45) is 3.46. The monoisotopic (exact) mass is 296 g/mol. The minimum Gasteiger partial charge on any atom is -0.507 e. The molecule has 0 fully saturated rings. The molecule has 2 aromatic carbocycles. The van der Waals surface area contributed by atoms with E-state index in [-0.39, 0.29) is 11.3 Å². The largest absolute Gasteiger partial charge is 0.507 e. The Hall–Kier alpha value is -1.51. The van der Waals surface area contributed by atoms with Crippen molar-refractivity contribution in [2.24, 2.45) is 0 Å². The van der Waals surface area contributed by atoms with Gasteiger partial charge in [0.2, 0.25) is 0 Å². The van der Waals surface area contributed by atoms with Crippen LogP contribution in [-0.4, -0.2) is 5.11 Å². The molecule has 19 heavy (non-hydrogen) atoms. The number of halogens is 3. The van der Waals surface area contributed by atoms with Gasteiger partial charge in [-0.3, -0.25) is 0 Å². The SMILES string of the molecule is C/C=C\c1ccc(F)c(-c2ccc(Cl)cc2Cl)c1O. The number of allylic oxidation sites excluding steroid dienone is 1. The molecule has 98 valence electrons. The Labute approximate surface area is 120 Å². The summed E-state index contributed by atoms with van der Waals surface area (Å²) < 4.78 is 14.0. The predicted octanol–water partition coefficient (Wildman–Crippen LogP) is 5.54. The van der Waals surface area contributed by atoms with Gasteiger partial charge in [-0.2, -0.15) is 0 Å². The number of phenolic OH excluding ortho intramolecular Hbond substituents is 1. The quantitative estimate of drug-likeness (QED) is 0.771. The Kier molecular flexibility index (Phi) is 4.13. The van der Waals surface area contributed by atoms with Crippen LogP contribution in [0.4, 0.5) is 4.39 Å². The summed E-state index contributed by atoms with van der Waals surface area (Å²) in [5.41, 5.74) is 1.02. The zero-order chi connectivity index (χ0) is 14.0. The lowest BCUT2D eigenvalue weighted by atomic mass is 10.0. The average molecular weight is 297 g/mol. The van der Waals surface area contributed by atoms with Crippen LogP contribution in [0.15, 0.2) is 36.4 Å². The van der Waals surface area contributed by atoms with Crippen molar-refractivity contribution in [1.82, 2.24) is 0 Å². The molecular weight excluding hydrogens is 286 g/mol. The molecule has 0 heterocycles. The van der Waals surface area contributed by atoms with Gasteiger partial charge in [-0.15, -0.1) is 0 Å². The molecule has 0 aliphatic carbocycles. The van der Waals surface area contributed by atoms with Crippen LogP contribution in [-0.2, 0) is 0 Å². The third-order valence-corrected chi connectivity index (χ3v) is 3.25. The van der Waals surface area contributed by atoms with Crippen LogP contribution in [0.25, 0.3) is 17.2 Å². The molecule has 0 aliphatic heterocycles. The van der Waals surface area contributed by atoms with E-state index in [2.05, 4.69) is 0 Å². The van der Waals surface area contributed by atoms with Crippen molar-refractivity contribution in [1.29, 1.82) is 0 Å². The van der Waals surface area contributed by atoms with Crippen molar-refractivity contribution in [3.05, 3.63) is 57.8 Å². The van der Waals surface area contributed by atoms with Crippen LogP contribution < -0.4 is 0 Å². The first-order chi connectivity index (χ1) is 9.04. The van der Waals surface area contributed by atoms with Crippen LogP contribution in [0.1, 0.15) is 12.5 Å². The van der Waals surface area contributed by atoms with Crippen LogP contribution in [0.3, 0.4) is 0 Å². The van der Waals surface area contributed by atoms with Gasteiger partial charge in [-0.1, -0.05) is 41.4 Å². The third-order valence-electron chi connectivity index (χ3n) is 2.70. The Bertz CT molecular complexity index is 651. The number of benzene rings is 2. The molecule has 0 spiro atoms. The standard InChI is InChI=1S/C15H11Cl2FO/c1-2-3-9-4-7-13(18)14(15(9)19)11-6-5-10(16)8-12(11)17/h2-8,19H,1H3/b3-2-. The highest BCUT2D eigenvalue weighted by molar-refractivity contribution is 6.36. The summed E-state index contributed by atoms with van der Waals surface area (Å²) >= 11 is 11.9. The maximum absolute atomic E-state index is 14.0. The molecule has 2 rings (SSSR count). The van der Waals surface area contributed by atoms with Crippen molar-refractivity contribution < 1.29 is 9.50 Å². The predicted molar refractivity (Wildman–Crippen MR) is 78.2 cm³/mol. The second-order valence-corrected chi connectivity index (χ2v) is 4.83. The second-order valence-electron chi connectivity index (χ2n) is 3.98. The van der Waals surface area contributed by atoms with E-state index in [9.17, 15) is 9.50 Å². The fourth-order valence-corrected chi connectivity index (χ4v) is 2.35. The molecule has 0 saturated heterocycles. The highest BCUT2D eigenvalue weighted by Crippen LogP contribution is 2.39. The Balaban J connectivity index is 2.70.